The lowest BCUT2D eigenvalue weighted by Gasteiger charge is -2.34. The van der Waals surface area contributed by atoms with Crippen molar-refractivity contribution in [3.63, 3.8) is 0 Å². The van der Waals surface area contributed by atoms with E-state index in [1.54, 1.807) is 44.2 Å². The van der Waals surface area contributed by atoms with Gasteiger partial charge in [-0.2, -0.15) is 17.5 Å². The van der Waals surface area contributed by atoms with E-state index in [1.165, 1.54) is 4.31 Å². The quantitative estimate of drug-likeness (QED) is 0.523. The Balaban J connectivity index is 2.17. The zero-order valence-corrected chi connectivity index (χ0v) is 17.1. The fourth-order valence-corrected chi connectivity index (χ4v) is 5.15. The molecule has 1 aliphatic heterocycles. The van der Waals surface area contributed by atoms with E-state index in [0.717, 1.165) is 24.3 Å². The number of ether oxygens (including phenoxy) is 1. The number of halogens is 3. The van der Waals surface area contributed by atoms with Crippen LogP contribution in [0.3, 0.4) is 0 Å². The summed E-state index contributed by atoms with van der Waals surface area (Å²) in [7, 11) is -4.10. The van der Waals surface area contributed by atoms with Crippen molar-refractivity contribution in [1.29, 1.82) is 0 Å². The van der Waals surface area contributed by atoms with Gasteiger partial charge in [-0.25, -0.2) is 13.2 Å². The van der Waals surface area contributed by atoms with Gasteiger partial charge in [0.05, 0.1) is 17.1 Å². The molecule has 1 atom stereocenters. The number of sulfonamides is 1. The van der Waals surface area contributed by atoms with Gasteiger partial charge in [0.1, 0.15) is 0 Å². The van der Waals surface area contributed by atoms with Crippen LogP contribution in [0.2, 0.25) is 0 Å². The summed E-state index contributed by atoms with van der Waals surface area (Å²) >= 11 is 0. The van der Waals surface area contributed by atoms with Crippen LogP contribution >= 0.6 is 0 Å². The van der Waals surface area contributed by atoms with E-state index in [2.05, 4.69) is 0 Å². The highest BCUT2D eigenvalue weighted by molar-refractivity contribution is 7.89. The maximum Gasteiger partial charge on any atom is 0.416 e. The molecule has 0 radical (unpaired) electrons. The third kappa shape index (κ3) is 4.27. The van der Waals surface area contributed by atoms with Crippen LogP contribution in [0.5, 0.6) is 0 Å². The fraction of sp³-hybridized carbons (Fsp3) is 0.286. The Bertz CT molecular complexity index is 1080. The summed E-state index contributed by atoms with van der Waals surface area (Å²) in [6, 6.07) is 10.7. The number of fused-ring (bicyclic) bond motifs is 1. The number of hydrogen-bond acceptors (Lipinski definition) is 4. The molecule has 0 saturated heterocycles. The van der Waals surface area contributed by atoms with Gasteiger partial charge in [-0.1, -0.05) is 30.3 Å². The number of carbonyl (C=O) groups excluding carboxylic acids is 1. The minimum absolute atomic E-state index is 0.0838. The summed E-state index contributed by atoms with van der Waals surface area (Å²) in [5.74, 6) is -0.748. The molecule has 0 amide bonds. The topological polar surface area (TPSA) is 63.7 Å². The lowest BCUT2D eigenvalue weighted by atomic mass is 10.0. The van der Waals surface area contributed by atoms with E-state index in [0.29, 0.717) is 5.56 Å². The van der Waals surface area contributed by atoms with Gasteiger partial charge < -0.3 is 4.74 Å². The second-order valence-electron chi connectivity index (χ2n) is 6.77. The number of alkyl halides is 3. The van der Waals surface area contributed by atoms with Crippen molar-refractivity contribution in [2.24, 2.45) is 0 Å². The first-order valence-corrected chi connectivity index (χ1v) is 10.7. The number of hydrogen-bond donors (Lipinski definition) is 0. The number of nitrogens with zero attached hydrogens (tertiary/aromatic N) is 1. The average molecular weight is 439 g/mol. The lowest BCUT2D eigenvalue weighted by molar-refractivity contribution is -0.138. The highest BCUT2D eigenvalue weighted by Gasteiger charge is 2.40. The van der Waals surface area contributed by atoms with Crippen LogP contribution in [0.4, 0.5) is 13.2 Å². The normalized spacial score (nSPS) is 18.6. The second kappa shape index (κ2) is 8.23. The van der Waals surface area contributed by atoms with Gasteiger partial charge >= 0.3 is 12.1 Å². The second-order valence-corrected chi connectivity index (χ2v) is 8.63. The molecule has 2 aromatic rings. The molecule has 0 saturated carbocycles. The Morgan fingerprint density at radius 2 is 1.87 bits per heavy atom. The maximum atomic E-state index is 13.2. The number of esters is 1. The molecule has 5 nitrogen and oxygen atoms in total. The molecule has 0 N–H and O–H groups in total. The predicted molar refractivity (Wildman–Crippen MR) is 105 cm³/mol. The van der Waals surface area contributed by atoms with Crippen molar-refractivity contribution in [2.75, 3.05) is 13.2 Å². The molecule has 0 aliphatic carbocycles. The lowest BCUT2D eigenvalue weighted by Crippen LogP contribution is -2.39. The van der Waals surface area contributed by atoms with Gasteiger partial charge in [0.25, 0.3) is 0 Å². The first kappa shape index (κ1) is 22.0. The molecule has 1 aliphatic rings. The number of benzene rings is 2. The molecular weight excluding hydrogens is 419 g/mol. The maximum absolute atomic E-state index is 13.2. The summed E-state index contributed by atoms with van der Waals surface area (Å²) in [6.07, 6.45) is -3.59. The Labute approximate surface area is 172 Å². The summed E-state index contributed by atoms with van der Waals surface area (Å²) in [4.78, 5) is 11.7. The molecule has 3 rings (SSSR count). The van der Waals surface area contributed by atoms with E-state index >= 15 is 0 Å². The summed E-state index contributed by atoms with van der Waals surface area (Å²) in [5, 5.41) is 0. The number of carbonyl (C=O) groups is 1. The summed E-state index contributed by atoms with van der Waals surface area (Å²) < 4.78 is 72.2. The van der Waals surface area contributed by atoms with Crippen molar-refractivity contribution >= 4 is 21.6 Å². The van der Waals surface area contributed by atoms with Crippen LogP contribution in [0.25, 0.3) is 5.57 Å². The highest BCUT2D eigenvalue weighted by Crippen LogP contribution is 2.40. The van der Waals surface area contributed by atoms with E-state index in [9.17, 15) is 26.4 Å². The van der Waals surface area contributed by atoms with Crippen LogP contribution in [0.1, 0.15) is 36.6 Å². The molecule has 2 aromatic carbocycles. The Morgan fingerprint density at radius 1 is 1.20 bits per heavy atom. The Morgan fingerprint density at radius 3 is 2.47 bits per heavy atom. The minimum atomic E-state index is -4.65. The van der Waals surface area contributed by atoms with Gasteiger partial charge in [0.15, 0.2) is 0 Å². The van der Waals surface area contributed by atoms with Crippen molar-refractivity contribution in [2.45, 2.75) is 31.0 Å². The molecule has 1 unspecified atom stereocenters. The van der Waals surface area contributed by atoms with Crippen molar-refractivity contribution < 1.29 is 31.1 Å². The van der Waals surface area contributed by atoms with E-state index in [4.69, 9.17) is 4.74 Å². The van der Waals surface area contributed by atoms with Gasteiger partial charge in [-0.15, -0.1) is 0 Å². The first-order chi connectivity index (χ1) is 14.1. The van der Waals surface area contributed by atoms with E-state index < -0.39 is 33.8 Å². The van der Waals surface area contributed by atoms with Crippen LogP contribution in [-0.4, -0.2) is 31.8 Å². The van der Waals surface area contributed by atoms with E-state index in [-0.39, 0.29) is 29.2 Å². The van der Waals surface area contributed by atoms with Crippen molar-refractivity contribution in [1.82, 2.24) is 4.31 Å². The molecule has 30 heavy (non-hydrogen) atoms. The van der Waals surface area contributed by atoms with Crippen molar-refractivity contribution in [3.8, 4) is 0 Å². The fourth-order valence-electron chi connectivity index (χ4n) is 3.34. The molecule has 0 aromatic heterocycles. The molecular formula is C21H20F3NO4S. The van der Waals surface area contributed by atoms with Gasteiger partial charge in [0.2, 0.25) is 10.0 Å². The number of rotatable bonds is 4. The monoisotopic (exact) mass is 439 g/mol. The van der Waals surface area contributed by atoms with Crippen LogP contribution in [0.15, 0.2) is 59.5 Å². The smallest absolute Gasteiger partial charge is 0.416 e. The van der Waals surface area contributed by atoms with Crippen molar-refractivity contribution in [3.05, 3.63) is 71.3 Å². The van der Waals surface area contributed by atoms with Gasteiger partial charge in [-0.3, -0.25) is 0 Å². The van der Waals surface area contributed by atoms with Crippen LogP contribution < -0.4 is 0 Å². The van der Waals surface area contributed by atoms with Gasteiger partial charge in [-0.05, 0) is 48.7 Å². The molecule has 9 heteroatoms. The highest BCUT2D eigenvalue weighted by atomic mass is 32.2. The molecule has 0 fully saturated rings. The Kier molecular flexibility index (Phi) is 6.05. The summed E-state index contributed by atoms with van der Waals surface area (Å²) in [6.45, 7) is 3.11. The first-order valence-electron chi connectivity index (χ1n) is 9.21. The minimum Gasteiger partial charge on any atom is -0.463 e. The zero-order valence-electron chi connectivity index (χ0n) is 16.3. The van der Waals surface area contributed by atoms with Crippen LogP contribution in [-0.2, 0) is 25.7 Å². The molecule has 0 bridgehead atoms. The van der Waals surface area contributed by atoms with Gasteiger partial charge in [0, 0.05) is 18.7 Å². The zero-order chi connectivity index (χ0) is 22.1. The van der Waals surface area contributed by atoms with Crippen LogP contribution in [0, 0.1) is 0 Å². The molecule has 0 spiro atoms. The third-order valence-corrected chi connectivity index (χ3v) is 6.83. The summed E-state index contributed by atoms with van der Waals surface area (Å²) in [5.41, 5.74) is -0.274. The average Bonchev–Trinajstić information content (AvgIpc) is 2.69. The molecule has 160 valence electrons. The standard InChI is InChI=1S/C21H20F3NO4S/c1-3-29-20(26)11-16-13-25(14(2)15-7-5-4-6-8-15)30(27,28)19-10-9-17(12-18(16)19)21(22,23)24/h4-12,14H,3,13H2,1-2H3/b16-11+. The van der Waals surface area contributed by atoms with E-state index in [1.807, 2.05) is 0 Å². The largest absolute Gasteiger partial charge is 0.463 e. The third-order valence-electron chi connectivity index (χ3n) is 4.86. The SMILES string of the molecule is CCOC(=O)/C=C1\CN(C(C)c2ccccc2)S(=O)(=O)c2ccc(C(F)(F)F)cc21. The molecule has 1 heterocycles. The predicted octanol–water partition coefficient (Wildman–Crippen LogP) is 4.42. The Hall–Kier alpha value is -2.65.